The summed E-state index contributed by atoms with van der Waals surface area (Å²) in [4.78, 5) is 3.17. The van der Waals surface area contributed by atoms with Gasteiger partial charge in [-0.05, 0) is 117 Å². The molecule has 5 fully saturated rings. The van der Waals surface area contributed by atoms with Gasteiger partial charge in [0, 0.05) is 11.0 Å². The van der Waals surface area contributed by atoms with Gasteiger partial charge < -0.3 is 4.74 Å². The first kappa shape index (κ1) is 19.9. The maximum atomic E-state index is 9.04. The number of fused-ring (bicyclic) bond motifs is 8. The Kier molecular flexibility index (Phi) is 4.47. The lowest BCUT2D eigenvalue weighted by atomic mass is 9.41. The molecule has 0 aromatic heterocycles. The Morgan fingerprint density at radius 3 is 2.45 bits per heavy atom. The van der Waals surface area contributed by atoms with Gasteiger partial charge >= 0.3 is 0 Å². The molecule has 0 amide bonds. The summed E-state index contributed by atoms with van der Waals surface area (Å²) in [6.45, 7) is 14.0. The van der Waals surface area contributed by atoms with E-state index in [1.165, 1.54) is 38.5 Å². The van der Waals surface area contributed by atoms with Gasteiger partial charge in [0.15, 0.2) is 0 Å². The van der Waals surface area contributed by atoms with E-state index in [-0.39, 0.29) is 11.6 Å². The third-order valence-electron chi connectivity index (χ3n) is 10.6. The highest BCUT2D eigenvalue weighted by Gasteiger charge is 2.67. The quantitative estimate of drug-likeness (QED) is 0.216. The van der Waals surface area contributed by atoms with E-state index >= 15 is 0 Å². The molecule has 0 aromatic carbocycles. The molecule has 4 heteroatoms. The lowest BCUT2D eigenvalue weighted by Gasteiger charge is -2.64. The zero-order chi connectivity index (χ0) is 20.6. The van der Waals surface area contributed by atoms with Gasteiger partial charge in [-0.1, -0.05) is 25.0 Å². The molecule has 5 rings (SSSR count). The van der Waals surface area contributed by atoms with Crippen molar-refractivity contribution in [3.8, 4) is 0 Å². The molecule has 1 aliphatic heterocycles. The van der Waals surface area contributed by atoms with Gasteiger partial charge in [0.05, 0.1) is 11.7 Å². The summed E-state index contributed by atoms with van der Waals surface area (Å²) in [5.74, 6) is 4.17. The van der Waals surface area contributed by atoms with Crippen LogP contribution in [0, 0.1) is 46.3 Å². The van der Waals surface area contributed by atoms with Crippen molar-refractivity contribution < 1.29 is 4.74 Å². The second kappa shape index (κ2) is 6.50. The minimum atomic E-state index is -0.0269. The Labute approximate surface area is 176 Å². The third kappa shape index (κ3) is 2.71. The maximum Gasteiger partial charge on any atom is 0.0648 e. The van der Waals surface area contributed by atoms with Crippen LogP contribution in [0.2, 0.25) is 0 Å². The van der Waals surface area contributed by atoms with Crippen molar-refractivity contribution in [3.63, 3.8) is 0 Å². The number of allylic oxidation sites excluding steroid dienone is 1. The Bertz CT molecular complexity index is 742. The smallest absolute Gasteiger partial charge is 0.0648 e. The normalized spacial score (nSPS) is 55.0. The summed E-state index contributed by atoms with van der Waals surface area (Å²) in [7, 11) is 0. The highest BCUT2D eigenvalue weighted by molar-refractivity contribution is 5.17. The zero-order valence-electron chi connectivity index (χ0n) is 18.8. The van der Waals surface area contributed by atoms with E-state index in [0.717, 1.165) is 24.7 Å². The predicted molar refractivity (Wildman–Crippen MR) is 116 cm³/mol. The second-order valence-corrected chi connectivity index (χ2v) is 12.2. The molecule has 160 valence electrons. The standard InChI is InChI=1S/C25H39N3O/c1-6-15-7-8-18-21-19(10-12-24(15,18)4)25(5)11-9-16(27-28-26)13-20(25)17-14-23(2,3)29-22(17)21/h6,15-22H,1,7-14H2,2-5H3/t15-,16-,17+,18?,19?,20?,21?,22-,24+,25+/m0/s1. The van der Waals surface area contributed by atoms with Crippen LogP contribution in [0.1, 0.15) is 79.1 Å². The topological polar surface area (TPSA) is 58.0 Å². The first-order valence-electron chi connectivity index (χ1n) is 12.1. The van der Waals surface area contributed by atoms with E-state index in [1.807, 2.05) is 0 Å². The monoisotopic (exact) mass is 397 g/mol. The molecule has 4 unspecified atom stereocenters. The molecule has 0 N–H and O–H groups in total. The van der Waals surface area contributed by atoms with Crippen molar-refractivity contribution in [2.24, 2.45) is 51.5 Å². The summed E-state index contributed by atoms with van der Waals surface area (Å²) in [6.07, 6.45) is 12.5. The van der Waals surface area contributed by atoms with Gasteiger partial charge in [0.1, 0.15) is 0 Å². The lowest BCUT2D eigenvalue weighted by molar-refractivity contribution is -0.192. The van der Waals surface area contributed by atoms with Crippen LogP contribution in [0.25, 0.3) is 10.4 Å². The van der Waals surface area contributed by atoms with Crippen molar-refractivity contribution in [2.75, 3.05) is 0 Å². The van der Waals surface area contributed by atoms with Crippen LogP contribution in [0.15, 0.2) is 17.8 Å². The lowest BCUT2D eigenvalue weighted by Crippen LogP contribution is -2.61. The molecule has 1 saturated heterocycles. The number of ether oxygens (including phenoxy) is 1. The highest BCUT2D eigenvalue weighted by atomic mass is 16.5. The molecule has 10 atom stereocenters. The molecule has 0 spiro atoms. The number of nitrogens with zero attached hydrogens (tertiary/aromatic N) is 3. The molecule has 0 aromatic rings. The average molecular weight is 398 g/mol. The molecule has 1 heterocycles. The molecule has 5 aliphatic rings. The summed E-state index contributed by atoms with van der Waals surface area (Å²) < 4.78 is 6.90. The molecule has 4 aliphatic carbocycles. The average Bonchev–Trinajstić information content (AvgIpc) is 3.18. The van der Waals surface area contributed by atoms with Crippen LogP contribution in [0.3, 0.4) is 0 Å². The van der Waals surface area contributed by atoms with Crippen LogP contribution in [0.5, 0.6) is 0 Å². The maximum absolute atomic E-state index is 9.04. The van der Waals surface area contributed by atoms with Crippen molar-refractivity contribution in [2.45, 2.75) is 96.8 Å². The molecular weight excluding hydrogens is 358 g/mol. The van der Waals surface area contributed by atoms with Crippen LogP contribution in [0.4, 0.5) is 0 Å². The first-order valence-corrected chi connectivity index (χ1v) is 12.1. The molecular formula is C25H39N3O. The highest BCUT2D eigenvalue weighted by Crippen LogP contribution is 2.71. The van der Waals surface area contributed by atoms with Gasteiger partial charge in [0.25, 0.3) is 0 Å². The molecule has 0 bridgehead atoms. The number of hydrogen-bond acceptors (Lipinski definition) is 2. The van der Waals surface area contributed by atoms with Crippen LogP contribution >= 0.6 is 0 Å². The third-order valence-corrected chi connectivity index (χ3v) is 10.6. The Balaban J connectivity index is 1.56. The predicted octanol–water partition coefficient (Wildman–Crippen LogP) is 6.91. The van der Waals surface area contributed by atoms with E-state index in [9.17, 15) is 0 Å². The van der Waals surface area contributed by atoms with Crippen molar-refractivity contribution in [3.05, 3.63) is 23.1 Å². The van der Waals surface area contributed by atoms with Gasteiger partial charge in [-0.2, -0.15) is 0 Å². The van der Waals surface area contributed by atoms with E-state index in [1.54, 1.807) is 0 Å². The van der Waals surface area contributed by atoms with E-state index in [4.69, 9.17) is 10.3 Å². The van der Waals surface area contributed by atoms with E-state index in [2.05, 4.69) is 50.4 Å². The molecule has 4 saturated carbocycles. The Morgan fingerprint density at radius 1 is 1.00 bits per heavy atom. The fourth-order valence-electron chi connectivity index (χ4n) is 9.42. The number of azide groups is 1. The molecule has 4 nitrogen and oxygen atoms in total. The SMILES string of the molecule is C=C[C@H]1CCC2C3C(CC[C@@]21C)[C@@]1(C)CC[C@H](N=[N+]=[N-])CC1[C@H]1CC(C)(C)O[C@H]31. The van der Waals surface area contributed by atoms with E-state index < -0.39 is 0 Å². The summed E-state index contributed by atoms with van der Waals surface area (Å²) >= 11 is 0. The van der Waals surface area contributed by atoms with Gasteiger partial charge in [-0.15, -0.1) is 6.58 Å². The largest absolute Gasteiger partial charge is 0.372 e. The summed E-state index contributed by atoms with van der Waals surface area (Å²) in [6, 6.07) is 0.185. The van der Waals surface area contributed by atoms with Gasteiger partial charge in [0.2, 0.25) is 0 Å². The van der Waals surface area contributed by atoms with Gasteiger partial charge in [-0.25, -0.2) is 0 Å². The molecule has 0 radical (unpaired) electrons. The van der Waals surface area contributed by atoms with E-state index in [0.29, 0.717) is 40.6 Å². The van der Waals surface area contributed by atoms with Crippen molar-refractivity contribution in [1.29, 1.82) is 0 Å². The van der Waals surface area contributed by atoms with Gasteiger partial charge in [-0.3, -0.25) is 0 Å². The zero-order valence-corrected chi connectivity index (χ0v) is 18.8. The van der Waals surface area contributed by atoms with Crippen molar-refractivity contribution in [1.82, 2.24) is 0 Å². The van der Waals surface area contributed by atoms with Crippen LogP contribution in [-0.4, -0.2) is 17.7 Å². The Morgan fingerprint density at radius 2 is 1.72 bits per heavy atom. The van der Waals surface area contributed by atoms with Crippen LogP contribution < -0.4 is 0 Å². The minimum Gasteiger partial charge on any atom is -0.372 e. The Hall–Kier alpha value is -0.990. The number of rotatable bonds is 2. The second-order valence-electron chi connectivity index (χ2n) is 12.2. The summed E-state index contributed by atoms with van der Waals surface area (Å²) in [5, 5.41) is 4.17. The summed E-state index contributed by atoms with van der Waals surface area (Å²) in [5.41, 5.74) is 9.81. The molecule has 29 heavy (non-hydrogen) atoms. The van der Waals surface area contributed by atoms with Crippen LogP contribution in [-0.2, 0) is 4.74 Å². The first-order chi connectivity index (χ1) is 13.7. The number of hydrogen-bond donors (Lipinski definition) is 0. The minimum absolute atomic E-state index is 0.0269. The fourth-order valence-corrected chi connectivity index (χ4v) is 9.42. The fraction of sp³-hybridized carbons (Fsp3) is 0.920. The van der Waals surface area contributed by atoms with Crippen molar-refractivity contribution >= 4 is 0 Å².